The highest BCUT2D eigenvalue weighted by Gasteiger charge is 2.40. The number of ether oxygens (including phenoxy) is 1. The minimum Gasteiger partial charge on any atom is -0.373 e. The number of aryl methyl sites for hydroxylation is 1. The molecule has 7 heteroatoms. The predicted molar refractivity (Wildman–Crippen MR) is 99.4 cm³/mol. The molecule has 7 nitrogen and oxygen atoms in total. The van der Waals surface area contributed by atoms with E-state index < -0.39 is 0 Å². The molecular formula is C19H29N5O2. The molecule has 0 bridgehead atoms. The summed E-state index contributed by atoms with van der Waals surface area (Å²) in [5, 5.41) is 0. The lowest BCUT2D eigenvalue weighted by molar-refractivity contribution is -0.0929. The molecule has 1 aliphatic carbocycles. The van der Waals surface area contributed by atoms with Crippen molar-refractivity contribution in [2.24, 2.45) is 5.73 Å². The maximum absolute atomic E-state index is 13.1. The number of hydrogen-bond acceptors (Lipinski definition) is 6. The summed E-state index contributed by atoms with van der Waals surface area (Å²) in [7, 11) is 0. The summed E-state index contributed by atoms with van der Waals surface area (Å²) in [5.41, 5.74) is 7.97. The van der Waals surface area contributed by atoms with Crippen molar-refractivity contribution in [1.82, 2.24) is 14.9 Å². The summed E-state index contributed by atoms with van der Waals surface area (Å²) >= 11 is 0. The molecule has 26 heavy (non-hydrogen) atoms. The van der Waals surface area contributed by atoms with Crippen LogP contribution >= 0.6 is 0 Å². The molecule has 1 atom stereocenters. The number of amides is 1. The predicted octanol–water partition coefficient (Wildman–Crippen LogP) is 1.42. The van der Waals surface area contributed by atoms with Crippen molar-refractivity contribution in [3.63, 3.8) is 0 Å². The molecule has 1 aromatic rings. The number of carbonyl (C=O) groups excluding carboxylic acids is 1. The normalized spacial score (nSPS) is 25.3. The van der Waals surface area contributed by atoms with E-state index in [0.29, 0.717) is 19.0 Å². The van der Waals surface area contributed by atoms with E-state index in [1.54, 1.807) is 0 Å². The van der Waals surface area contributed by atoms with Crippen LogP contribution in [0.4, 0.5) is 5.82 Å². The van der Waals surface area contributed by atoms with Crippen LogP contribution in [-0.2, 0) is 4.74 Å². The van der Waals surface area contributed by atoms with E-state index in [4.69, 9.17) is 10.5 Å². The van der Waals surface area contributed by atoms with E-state index in [-0.39, 0.29) is 17.6 Å². The second-order valence-electron chi connectivity index (χ2n) is 8.00. The van der Waals surface area contributed by atoms with Crippen LogP contribution in [0.15, 0.2) is 0 Å². The van der Waals surface area contributed by atoms with Crippen molar-refractivity contribution in [1.29, 1.82) is 0 Å². The maximum atomic E-state index is 13.1. The molecule has 1 saturated carbocycles. The maximum Gasteiger partial charge on any atom is 0.291 e. The summed E-state index contributed by atoms with van der Waals surface area (Å²) in [6.07, 6.45) is 5.34. The number of carbonyl (C=O) groups is 1. The van der Waals surface area contributed by atoms with E-state index in [2.05, 4.69) is 14.9 Å². The molecule has 0 aromatic carbocycles. The zero-order valence-electron chi connectivity index (χ0n) is 15.8. The number of rotatable bonds is 2. The third kappa shape index (κ3) is 3.18. The van der Waals surface area contributed by atoms with Gasteiger partial charge in [-0.25, -0.2) is 9.97 Å². The van der Waals surface area contributed by atoms with Crippen LogP contribution in [0.3, 0.4) is 0 Å². The standard InChI is InChI=1S/C19H29N5O2/c1-13-14(2)21-16(22-17(13)24-8-4-15(20)12-24)18(25)23-9-7-19(5-3-6-19)26-11-10-23/h15H,3-12,20H2,1-2H3/t15-/m1/s1. The minimum atomic E-state index is -0.0854. The van der Waals surface area contributed by atoms with Gasteiger partial charge in [0, 0.05) is 43.5 Å². The average molecular weight is 359 g/mol. The van der Waals surface area contributed by atoms with Gasteiger partial charge < -0.3 is 20.3 Å². The quantitative estimate of drug-likeness (QED) is 0.860. The van der Waals surface area contributed by atoms with E-state index in [1.807, 2.05) is 18.7 Å². The first-order valence-corrected chi connectivity index (χ1v) is 9.76. The minimum absolute atomic E-state index is 0.0237. The molecule has 2 saturated heterocycles. The fourth-order valence-corrected chi connectivity index (χ4v) is 4.20. The van der Waals surface area contributed by atoms with Crippen molar-refractivity contribution in [3.8, 4) is 0 Å². The molecule has 2 N–H and O–H groups in total. The number of nitrogens with zero attached hydrogens (tertiary/aromatic N) is 4. The van der Waals surface area contributed by atoms with Crippen LogP contribution in [0.5, 0.6) is 0 Å². The molecule has 3 aliphatic rings. The van der Waals surface area contributed by atoms with Gasteiger partial charge in [0.15, 0.2) is 0 Å². The lowest BCUT2D eigenvalue weighted by atomic mass is 9.77. The SMILES string of the molecule is Cc1nc(C(=O)N2CCOC3(CCC3)CC2)nc(N2CC[C@@H](N)C2)c1C. The monoisotopic (exact) mass is 359 g/mol. The first-order chi connectivity index (χ1) is 12.5. The van der Waals surface area contributed by atoms with Crippen molar-refractivity contribution in [3.05, 3.63) is 17.1 Å². The van der Waals surface area contributed by atoms with E-state index >= 15 is 0 Å². The number of nitrogens with two attached hydrogens (primary N) is 1. The van der Waals surface area contributed by atoms with Gasteiger partial charge in [0.1, 0.15) is 5.82 Å². The Balaban J connectivity index is 1.54. The Kier molecular flexibility index (Phi) is 4.61. The summed E-state index contributed by atoms with van der Waals surface area (Å²) in [5.74, 6) is 1.07. The molecule has 1 aromatic heterocycles. The lowest BCUT2D eigenvalue weighted by Gasteiger charge is -2.40. The summed E-state index contributed by atoms with van der Waals surface area (Å²) in [4.78, 5) is 26.3. The van der Waals surface area contributed by atoms with Crippen molar-refractivity contribution in [2.75, 3.05) is 37.7 Å². The van der Waals surface area contributed by atoms with E-state index in [1.165, 1.54) is 6.42 Å². The van der Waals surface area contributed by atoms with Gasteiger partial charge in [0.2, 0.25) is 5.82 Å². The third-order valence-electron chi connectivity index (χ3n) is 6.24. The second kappa shape index (κ2) is 6.78. The summed E-state index contributed by atoms with van der Waals surface area (Å²) in [6.45, 7) is 7.56. The number of hydrogen-bond donors (Lipinski definition) is 1. The van der Waals surface area contributed by atoms with Gasteiger partial charge in [0.25, 0.3) is 5.91 Å². The zero-order chi connectivity index (χ0) is 18.3. The Morgan fingerprint density at radius 3 is 2.65 bits per heavy atom. The highest BCUT2D eigenvalue weighted by molar-refractivity contribution is 5.91. The lowest BCUT2D eigenvalue weighted by Crippen LogP contribution is -2.41. The first kappa shape index (κ1) is 17.7. The largest absolute Gasteiger partial charge is 0.373 e. The van der Waals surface area contributed by atoms with Crippen LogP contribution < -0.4 is 10.6 Å². The van der Waals surface area contributed by atoms with Crippen molar-refractivity contribution >= 4 is 11.7 Å². The van der Waals surface area contributed by atoms with Crippen LogP contribution in [0.25, 0.3) is 0 Å². The molecule has 2 aliphatic heterocycles. The van der Waals surface area contributed by atoms with Gasteiger partial charge in [-0.2, -0.15) is 0 Å². The Morgan fingerprint density at radius 1 is 1.19 bits per heavy atom. The molecular weight excluding hydrogens is 330 g/mol. The highest BCUT2D eigenvalue weighted by Crippen LogP contribution is 2.39. The zero-order valence-corrected chi connectivity index (χ0v) is 15.8. The Bertz CT molecular complexity index is 703. The second-order valence-corrected chi connectivity index (χ2v) is 8.00. The Morgan fingerprint density at radius 2 is 2.00 bits per heavy atom. The van der Waals surface area contributed by atoms with Crippen LogP contribution in [-0.4, -0.2) is 65.2 Å². The fraction of sp³-hybridized carbons (Fsp3) is 0.737. The number of aromatic nitrogens is 2. The van der Waals surface area contributed by atoms with Gasteiger partial charge in [-0.1, -0.05) is 0 Å². The fourth-order valence-electron chi connectivity index (χ4n) is 4.20. The van der Waals surface area contributed by atoms with Crippen molar-refractivity contribution in [2.45, 2.75) is 57.6 Å². The molecule has 3 heterocycles. The van der Waals surface area contributed by atoms with Crippen molar-refractivity contribution < 1.29 is 9.53 Å². The van der Waals surface area contributed by atoms with E-state index in [0.717, 1.165) is 62.4 Å². The smallest absolute Gasteiger partial charge is 0.291 e. The van der Waals surface area contributed by atoms with Crippen LogP contribution in [0.1, 0.15) is 54.0 Å². The van der Waals surface area contributed by atoms with Gasteiger partial charge in [-0.05, 0) is 46.0 Å². The van der Waals surface area contributed by atoms with Crippen LogP contribution in [0, 0.1) is 13.8 Å². The third-order valence-corrected chi connectivity index (χ3v) is 6.24. The summed E-state index contributed by atoms with van der Waals surface area (Å²) in [6, 6.07) is 0.172. The summed E-state index contributed by atoms with van der Waals surface area (Å²) < 4.78 is 6.05. The highest BCUT2D eigenvalue weighted by atomic mass is 16.5. The Hall–Kier alpha value is -1.73. The van der Waals surface area contributed by atoms with Gasteiger partial charge in [0.05, 0.1) is 12.2 Å². The van der Waals surface area contributed by atoms with E-state index in [9.17, 15) is 4.79 Å². The number of anilines is 1. The van der Waals surface area contributed by atoms with Gasteiger partial charge >= 0.3 is 0 Å². The molecule has 0 unspecified atom stereocenters. The molecule has 142 valence electrons. The average Bonchev–Trinajstić information content (AvgIpc) is 2.89. The molecule has 4 rings (SSSR count). The topological polar surface area (TPSA) is 84.6 Å². The van der Waals surface area contributed by atoms with Gasteiger partial charge in [-0.15, -0.1) is 0 Å². The first-order valence-electron chi connectivity index (χ1n) is 9.76. The molecule has 3 fully saturated rings. The molecule has 1 spiro atoms. The molecule has 0 radical (unpaired) electrons. The molecule has 1 amide bonds. The van der Waals surface area contributed by atoms with Gasteiger partial charge in [-0.3, -0.25) is 4.79 Å². The Labute approximate surface area is 154 Å². The van der Waals surface area contributed by atoms with Crippen LogP contribution in [0.2, 0.25) is 0 Å².